The van der Waals surface area contributed by atoms with Crippen molar-refractivity contribution in [2.45, 2.75) is 19.1 Å². The van der Waals surface area contributed by atoms with Gasteiger partial charge in [0, 0.05) is 0 Å². The zero-order valence-electron chi connectivity index (χ0n) is 6.07. The van der Waals surface area contributed by atoms with Gasteiger partial charge in [-0.3, -0.25) is 4.57 Å². The molecule has 2 nitrogen and oxygen atoms in total. The van der Waals surface area contributed by atoms with Crippen molar-refractivity contribution < 1.29 is 22.0 Å². The zero-order chi connectivity index (χ0) is 10.1. The van der Waals surface area contributed by atoms with Gasteiger partial charge >= 0.3 is 12.7 Å². The van der Waals surface area contributed by atoms with Gasteiger partial charge in [0.05, 0.1) is 12.1 Å². The topological polar surface area (TPSA) is 17.8 Å². The van der Waals surface area contributed by atoms with Crippen LogP contribution >= 0.6 is 0 Å². The second-order valence-electron chi connectivity index (χ2n) is 2.21. The fourth-order valence-corrected chi connectivity index (χ4v) is 0.734. The first-order valence-electron chi connectivity index (χ1n) is 3.11. The van der Waals surface area contributed by atoms with Crippen molar-refractivity contribution in [3.63, 3.8) is 0 Å². The van der Waals surface area contributed by atoms with E-state index in [1.54, 1.807) is 12.5 Å². The molecule has 0 fully saturated rings. The fourth-order valence-electron chi connectivity index (χ4n) is 0.734. The van der Waals surface area contributed by atoms with Gasteiger partial charge in [0.2, 0.25) is 0 Å². The maximum absolute atomic E-state index is 11.9. The Morgan fingerprint density at radius 2 is 2.00 bits per heavy atom. The Morgan fingerprint density at radius 1 is 1.38 bits per heavy atom. The molecule has 1 rings (SSSR count). The molecule has 0 saturated carbocycles. The first-order chi connectivity index (χ1) is 5.90. The SMILES string of the molecule is FC(F)n1[c]n[c]c1CC(F)(F)F. The summed E-state index contributed by atoms with van der Waals surface area (Å²) in [6, 6.07) is 0. The Hall–Kier alpha value is -1.14. The molecule has 0 aromatic carbocycles. The molecule has 2 radical (unpaired) electrons. The van der Waals surface area contributed by atoms with Crippen LogP contribution in [0.2, 0.25) is 0 Å². The van der Waals surface area contributed by atoms with Crippen molar-refractivity contribution in [3.8, 4) is 0 Å². The van der Waals surface area contributed by atoms with Crippen LogP contribution in [0.4, 0.5) is 22.0 Å². The lowest BCUT2D eigenvalue weighted by atomic mass is 10.3. The highest BCUT2D eigenvalue weighted by molar-refractivity contribution is 4.98. The maximum atomic E-state index is 11.9. The summed E-state index contributed by atoms with van der Waals surface area (Å²) >= 11 is 0. The van der Waals surface area contributed by atoms with Crippen molar-refractivity contribution in [3.05, 3.63) is 18.2 Å². The molecule has 1 aromatic heterocycles. The molecule has 0 aliphatic heterocycles. The molecule has 0 aliphatic rings. The van der Waals surface area contributed by atoms with Gasteiger partial charge in [0.15, 0.2) is 6.33 Å². The van der Waals surface area contributed by atoms with E-state index < -0.39 is 24.8 Å². The summed E-state index contributed by atoms with van der Waals surface area (Å²) in [5, 5.41) is 0. The van der Waals surface area contributed by atoms with Crippen LogP contribution in [0.5, 0.6) is 0 Å². The highest BCUT2D eigenvalue weighted by atomic mass is 19.4. The summed E-state index contributed by atoms with van der Waals surface area (Å²) in [6.07, 6.45) is -2.53. The molecule has 0 spiro atoms. The molecular weight excluding hydrogens is 195 g/mol. The summed E-state index contributed by atoms with van der Waals surface area (Å²) in [5.74, 6) is 0. The first kappa shape index (κ1) is 9.94. The Morgan fingerprint density at radius 3 is 2.46 bits per heavy atom. The van der Waals surface area contributed by atoms with Gasteiger partial charge in [0.25, 0.3) is 0 Å². The van der Waals surface area contributed by atoms with Gasteiger partial charge in [-0.15, -0.1) is 0 Å². The first-order valence-corrected chi connectivity index (χ1v) is 3.11. The molecule has 1 aromatic rings. The minimum atomic E-state index is -4.54. The van der Waals surface area contributed by atoms with E-state index in [0.717, 1.165) is 0 Å². The number of alkyl halides is 5. The Labute approximate surface area is 70.0 Å². The minimum absolute atomic E-state index is 0.00743. The van der Waals surface area contributed by atoms with Crippen LogP contribution in [0.1, 0.15) is 12.2 Å². The Balaban J connectivity index is 2.83. The minimum Gasteiger partial charge on any atom is -0.267 e. The van der Waals surface area contributed by atoms with Gasteiger partial charge in [-0.2, -0.15) is 22.0 Å². The van der Waals surface area contributed by atoms with Crippen molar-refractivity contribution >= 4 is 0 Å². The van der Waals surface area contributed by atoms with E-state index in [0.29, 0.717) is 0 Å². The summed E-state index contributed by atoms with van der Waals surface area (Å²) in [7, 11) is 0. The van der Waals surface area contributed by atoms with E-state index in [2.05, 4.69) is 4.98 Å². The van der Waals surface area contributed by atoms with Gasteiger partial charge < -0.3 is 0 Å². The highest BCUT2D eigenvalue weighted by Gasteiger charge is 2.30. The van der Waals surface area contributed by atoms with Crippen LogP contribution in [0, 0.1) is 12.5 Å². The monoisotopic (exact) mass is 198 g/mol. The number of aromatic nitrogens is 2. The van der Waals surface area contributed by atoms with E-state index >= 15 is 0 Å². The third-order valence-electron chi connectivity index (χ3n) is 1.20. The van der Waals surface area contributed by atoms with E-state index in [-0.39, 0.29) is 4.57 Å². The Kier molecular flexibility index (Phi) is 2.53. The summed E-state index contributed by atoms with van der Waals surface area (Å²) in [6.45, 7) is -3.07. The lowest BCUT2D eigenvalue weighted by molar-refractivity contribution is -0.129. The predicted octanol–water partition coefficient (Wildman–Crippen LogP) is 1.98. The zero-order valence-corrected chi connectivity index (χ0v) is 6.07. The van der Waals surface area contributed by atoms with Gasteiger partial charge in [-0.25, -0.2) is 4.98 Å². The van der Waals surface area contributed by atoms with Crippen molar-refractivity contribution in [1.29, 1.82) is 0 Å². The molecule has 7 heteroatoms. The van der Waals surface area contributed by atoms with E-state index in [9.17, 15) is 22.0 Å². The molecule has 0 unspecified atom stereocenters. The number of hydrogen-bond donors (Lipinski definition) is 0. The maximum Gasteiger partial charge on any atom is 0.394 e. The van der Waals surface area contributed by atoms with Gasteiger partial charge in [0.1, 0.15) is 6.20 Å². The standard InChI is InChI=1S/C6H3F5N2/c7-5(8)13-3-12-2-4(13)1-6(9,10)11/h5H,1H2. The van der Waals surface area contributed by atoms with Crippen LogP contribution in [0.25, 0.3) is 0 Å². The molecule has 72 valence electrons. The number of rotatable bonds is 2. The normalized spacial score (nSPS) is 12.5. The lowest BCUT2D eigenvalue weighted by Crippen LogP contribution is -2.15. The third kappa shape index (κ3) is 2.67. The average molecular weight is 198 g/mol. The number of halogens is 5. The second kappa shape index (κ2) is 3.31. The predicted molar refractivity (Wildman–Crippen MR) is 30.9 cm³/mol. The molecule has 0 atom stereocenters. The van der Waals surface area contributed by atoms with Crippen molar-refractivity contribution in [2.24, 2.45) is 0 Å². The average Bonchev–Trinajstić information content (AvgIpc) is 2.31. The van der Waals surface area contributed by atoms with Crippen molar-refractivity contribution in [1.82, 2.24) is 9.55 Å². The largest absolute Gasteiger partial charge is 0.394 e. The second-order valence-corrected chi connectivity index (χ2v) is 2.21. The lowest BCUT2D eigenvalue weighted by Gasteiger charge is -2.07. The molecule has 0 saturated heterocycles. The summed E-state index contributed by atoms with van der Waals surface area (Å²) in [5.41, 5.74) is -0.720. The van der Waals surface area contributed by atoms with E-state index in [1.165, 1.54) is 0 Å². The number of nitrogens with zero attached hydrogens (tertiary/aromatic N) is 2. The highest BCUT2D eigenvalue weighted by Crippen LogP contribution is 2.22. The van der Waals surface area contributed by atoms with Crippen LogP contribution in [-0.4, -0.2) is 15.7 Å². The Bertz CT molecular complexity index is 277. The fraction of sp³-hybridized carbons (Fsp3) is 0.500. The smallest absolute Gasteiger partial charge is 0.267 e. The van der Waals surface area contributed by atoms with Crippen LogP contribution < -0.4 is 0 Å². The summed E-state index contributed by atoms with van der Waals surface area (Å²) < 4.78 is 59.1. The summed E-state index contributed by atoms with van der Waals surface area (Å²) in [4.78, 5) is 2.96. The molecule has 13 heavy (non-hydrogen) atoms. The van der Waals surface area contributed by atoms with Crippen LogP contribution in [0.15, 0.2) is 0 Å². The molecule has 0 N–H and O–H groups in total. The molecule has 0 aliphatic carbocycles. The van der Waals surface area contributed by atoms with E-state index in [1.807, 2.05) is 0 Å². The van der Waals surface area contributed by atoms with Crippen molar-refractivity contribution in [2.75, 3.05) is 0 Å². The molecule has 1 heterocycles. The van der Waals surface area contributed by atoms with Gasteiger partial charge in [-0.1, -0.05) is 0 Å². The van der Waals surface area contributed by atoms with E-state index in [4.69, 9.17) is 0 Å². The van der Waals surface area contributed by atoms with Crippen LogP contribution in [-0.2, 0) is 6.42 Å². The number of hydrogen-bond acceptors (Lipinski definition) is 1. The third-order valence-corrected chi connectivity index (χ3v) is 1.20. The van der Waals surface area contributed by atoms with Gasteiger partial charge in [-0.05, 0) is 0 Å². The number of imidazole rings is 1. The molecular formula is C6H3F5N2. The molecule has 0 bridgehead atoms. The molecule has 0 amide bonds. The van der Waals surface area contributed by atoms with Crippen LogP contribution in [0.3, 0.4) is 0 Å². The quantitative estimate of drug-likeness (QED) is 0.664.